The Hall–Kier alpha value is -2.88. The number of carbonyl (C=O) groups is 1. The molecule has 4 heteroatoms. The van der Waals surface area contributed by atoms with E-state index in [2.05, 4.69) is 4.99 Å². The highest BCUT2D eigenvalue weighted by atomic mass is 16.5. The van der Waals surface area contributed by atoms with Crippen molar-refractivity contribution in [3.8, 4) is 0 Å². The molecule has 0 spiro atoms. The highest BCUT2D eigenvalue weighted by Crippen LogP contribution is 2.17. The summed E-state index contributed by atoms with van der Waals surface area (Å²) < 4.78 is 4.99. The Labute approximate surface area is 129 Å². The zero-order valence-corrected chi connectivity index (χ0v) is 12.3. The number of benzene rings is 2. The van der Waals surface area contributed by atoms with Crippen molar-refractivity contribution in [1.82, 2.24) is 0 Å². The number of ether oxygens (including phenoxy) is 1. The van der Waals surface area contributed by atoms with Gasteiger partial charge in [-0.2, -0.15) is 0 Å². The summed E-state index contributed by atoms with van der Waals surface area (Å²) in [7, 11) is 0. The first-order chi connectivity index (χ1) is 10.7. The predicted molar refractivity (Wildman–Crippen MR) is 87.2 cm³/mol. The first-order valence-electron chi connectivity index (χ1n) is 6.97. The third-order valence-electron chi connectivity index (χ3n) is 2.90. The summed E-state index contributed by atoms with van der Waals surface area (Å²) in [6.07, 6.45) is 1.33. The van der Waals surface area contributed by atoms with Crippen molar-refractivity contribution in [2.45, 2.75) is 6.92 Å². The van der Waals surface area contributed by atoms with Gasteiger partial charge in [-0.05, 0) is 19.1 Å². The Balaban J connectivity index is 2.39. The second-order valence-corrected chi connectivity index (χ2v) is 4.44. The normalized spacial score (nSPS) is 12.0. The number of carbonyl (C=O) groups excluding carboxylic acids is 1. The van der Waals surface area contributed by atoms with Gasteiger partial charge in [0.2, 0.25) is 0 Å². The third kappa shape index (κ3) is 4.06. The molecule has 0 saturated heterocycles. The Morgan fingerprint density at radius 2 is 1.68 bits per heavy atom. The SMILES string of the molecule is CCOC(=O)/C(C=Nc1ccccc1)=C(\O)c1ccccc1. The highest BCUT2D eigenvalue weighted by Gasteiger charge is 2.16. The quantitative estimate of drug-likeness (QED) is 0.393. The van der Waals surface area contributed by atoms with Crippen molar-refractivity contribution in [2.75, 3.05) is 6.61 Å². The summed E-state index contributed by atoms with van der Waals surface area (Å²) in [6.45, 7) is 1.94. The van der Waals surface area contributed by atoms with E-state index in [1.54, 1.807) is 43.3 Å². The zero-order valence-electron chi connectivity index (χ0n) is 12.3. The van der Waals surface area contributed by atoms with Gasteiger partial charge in [0.15, 0.2) is 0 Å². The van der Waals surface area contributed by atoms with Crippen LogP contribution in [-0.2, 0) is 9.53 Å². The van der Waals surface area contributed by atoms with Gasteiger partial charge in [-0.25, -0.2) is 4.79 Å². The van der Waals surface area contributed by atoms with Crippen LogP contribution in [0.4, 0.5) is 5.69 Å². The molecule has 0 heterocycles. The Morgan fingerprint density at radius 3 is 2.27 bits per heavy atom. The summed E-state index contributed by atoms with van der Waals surface area (Å²) in [5.74, 6) is -0.762. The molecule has 0 fully saturated rings. The van der Waals surface area contributed by atoms with Gasteiger partial charge in [-0.3, -0.25) is 4.99 Å². The smallest absolute Gasteiger partial charge is 0.343 e. The zero-order chi connectivity index (χ0) is 15.8. The average molecular weight is 295 g/mol. The number of hydrogen-bond acceptors (Lipinski definition) is 4. The van der Waals surface area contributed by atoms with Crippen LogP contribution in [0.15, 0.2) is 71.2 Å². The van der Waals surface area contributed by atoms with Crippen molar-refractivity contribution < 1.29 is 14.6 Å². The van der Waals surface area contributed by atoms with Gasteiger partial charge in [0, 0.05) is 11.8 Å². The molecule has 0 unspecified atom stereocenters. The maximum atomic E-state index is 12.0. The summed E-state index contributed by atoms with van der Waals surface area (Å²) >= 11 is 0. The number of esters is 1. The van der Waals surface area contributed by atoms with Crippen molar-refractivity contribution in [3.05, 3.63) is 71.8 Å². The molecular weight excluding hydrogens is 278 g/mol. The van der Waals surface area contributed by atoms with E-state index in [0.717, 1.165) is 0 Å². The van der Waals surface area contributed by atoms with E-state index < -0.39 is 5.97 Å². The number of nitrogens with zero attached hydrogens (tertiary/aromatic N) is 1. The molecule has 0 atom stereocenters. The number of para-hydroxylation sites is 1. The van der Waals surface area contributed by atoms with Gasteiger partial charge in [0.25, 0.3) is 0 Å². The van der Waals surface area contributed by atoms with Crippen LogP contribution in [0.3, 0.4) is 0 Å². The van der Waals surface area contributed by atoms with Gasteiger partial charge in [-0.15, -0.1) is 0 Å². The van der Waals surface area contributed by atoms with Crippen molar-refractivity contribution in [2.24, 2.45) is 4.99 Å². The van der Waals surface area contributed by atoms with E-state index >= 15 is 0 Å². The fourth-order valence-electron chi connectivity index (χ4n) is 1.82. The van der Waals surface area contributed by atoms with Crippen LogP contribution >= 0.6 is 0 Å². The van der Waals surface area contributed by atoms with Gasteiger partial charge >= 0.3 is 5.97 Å². The molecule has 4 nitrogen and oxygen atoms in total. The molecule has 22 heavy (non-hydrogen) atoms. The van der Waals surface area contributed by atoms with Crippen LogP contribution in [-0.4, -0.2) is 23.9 Å². The van der Waals surface area contributed by atoms with Crippen molar-refractivity contribution >= 4 is 23.6 Å². The van der Waals surface area contributed by atoms with E-state index in [-0.39, 0.29) is 17.9 Å². The van der Waals surface area contributed by atoms with E-state index in [1.807, 2.05) is 24.3 Å². The largest absolute Gasteiger partial charge is 0.506 e. The molecule has 2 rings (SSSR count). The number of aliphatic hydroxyl groups is 1. The van der Waals surface area contributed by atoms with Gasteiger partial charge < -0.3 is 9.84 Å². The molecule has 0 amide bonds. The highest BCUT2D eigenvalue weighted by molar-refractivity contribution is 6.15. The molecule has 0 aliphatic carbocycles. The topological polar surface area (TPSA) is 58.9 Å². The minimum Gasteiger partial charge on any atom is -0.506 e. The molecule has 0 aliphatic rings. The van der Waals surface area contributed by atoms with Crippen LogP contribution in [0.2, 0.25) is 0 Å². The number of aliphatic hydroxyl groups excluding tert-OH is 1. The average Bonchev–Trinajstić information content (AvgIpc) is 2.57. The van der Waals surface area contributed by atoms with E-state index in [4.69, 9.17) is 4.74 Å². The summed E-state index contributed by atoms with van der Waals surface area (Å²) in [5.41, 5.74) is 1.24. The summed E-state index contributed by atoms with van der Waals surface area (Å²) in [6, 6.07) is 18.0. The third-order valence-corrected chi connectivity index (χ3v) is 2.90. The molecule has 0 aliphatic heterocycles. The van der Waals surface area contributed by atoms with Gasteiger partial charge in [0.05, 0.1) is 12.3 Å². The van der Waals surface area contributed by atoms with Crippen LogP contribution in [0.5, 0.6) is 0 Å². The number of hydrogen-bond donors (Lipinski definition) is 1. The van der Waals surface area contributed by atoms with Gasteiger partial charge in [-0.1, -0.05) is 48.5 Å². The second-order valence-electron chi connectivity index (χ2n) is 4.44. The van der Waals surface area contributed by atoms with Crippen LogP contribution in [0.1, 0.15) is 12.5 Å². The van der Waals surface area contributed by atoms with Crippen molar-refractivity contribution in [3.63, 3.8) is 0 Å². The molecule has 0 bridgehead atoms. The Morgan fingerprint density at radius 1 is 1.09 bits per heavy atom. The molecule has 0 aromatic heterocycles. The monoisotopic (exact) mass is 295 g/mol. The van der Waals surface area contributed by atoms with Crippen LogP contribution < -0.4 is 0 Å². The lowest BCUT2D eigenvalue weighted by molar-refractivity contribution is -0.137. The summed E-state index contributed by atoms with van der Waals surface area (Å²) in [5, 5.41) is 10.3. The first kappa shape index (κ1) is 15.5. The summed E-state index contributed by atoms with van der Waals surface area (Å²) in [4.78, 5) is 16.3. The fourth-order valence-corrected chi connectivity index (χ4v) is 1.82. The van der Waals surface area contributed by atoms with Crippen molar-refractivity contribution in [1.29, 1.82) is 0 Å². The minimum absolute atomic E-state index is 0.0249. The predicted octanol–water partition coefficient (Wildman–Crippen LogP) is 3.92. The molecule has 112 valence electrons. The number of rotatable bonds is 5. The Bertz CT molecular complexity index is 676. The van der Waals surface area contributed by atoms with E-state index in [1.165, 1.54) is 6.21 Å². The molecule has 0 saturated carbocycles. The fraction of sp³-hybridized carbons (Fsp3) is 0.111. The first-order valence-corrected chi connectivity index (χ1v) is 6.97. The molecule has 0 radical (unpaired) electrons. The maximum absolute atomic E-state index is 12.0. The van der Waals surface area contributed by atoms with Crippen LogP contribution in [0, 0.1) is 0 Å². The van der Waals surface area contributed by atoms with Gasteiger partial charge in [0.1, 0.15) is 11.3 Å². The molecule has 1 N–H and O–H groups in total. The minimum atomic E-state index is -0.608. The maximum Gasteiger partial charge on any atom is 0.343 e. The van der Waals surface area contributed by atoms with E-state index in [9.17, 15) is 9.90 Å². The lowest BCUT2D eigenvalue weighted by Crippen LogP contribution is -2.11. The number of aliphatic imine (C=N–C) groups is 1. The molecular formula is C18H17NO3. The molecule has 2 aromatic rings. The lowest BCUT2D eigenvalue weighted by Gasteiger charge is -2.06. The lowest BCUT2D eigenvalue weighted by atomic mass is 10.1. The second kappa shape index (κ2) is 7.78. The standard InChI is InChI=1S/C18H17NO3/c1-2-22-18(21)16(13-19-15-11-7-4-8-12-15)17(20)14-9-5-3-6-10-14/h3-13,20H,2H2,1H3/b17-16-,19-13?. The van der Waals surface area contributed by atoms with Crippen LogP contribution in [0.25, 0.3) is 5.76 Å². The molecule has 2 aromatic carbocycles. The van der Waals surface area contributed by atoms with E-state index in [0.29, 0.717) is 11.3 Å². The Kier molecular flexibility index (Phi) is 5.49.